The van der Waals surface area contributed by atoms with Crippen LogP contribution < -0.4 is 19.7 Å². The van der Waals surface area contributed by atoms with Crippen molar-refractivity contribution in [3.8, 4) is 29.1 Å². The number of rotatable bonds is 5. The lowest BCUT2D eigenvalue weighted by atomic mass is 9.91. The maximum absolute atomic E-state index is 17.6. The van der Waals surface area contributed by atoms with Crippen LogP contribution in [0.1, 0.15) is 78.9 Å². The maximum atomic E-state index is 17.6. The third-order valence-electron chi connectivity index (χ3n) is 12.2. The largest absolute Gasteiger partial charge is 0.461 e. The zero-order valence-corrected chi connectivity index (χ0v) is 32.2. The van der Waals surface area contributed by atoms with Gasteiger partial charge in [0.05, 0.1) is 34.2 Å². The molecule has 7 heterocycles. The molecular weight excluding hydrogens is 726 g/mol. The first-order chi connectivity index (χ1) is 27.6. The number of aryl methyl sites for hydroxylation is 2. The Kier molecular flexibility index (Phi) is 9.39. The van der Waals surface area contributed by atoms with Crippen molar-refractivity contribution in [1.29, 1.82) is 5.26 Å². The molecule has 0 radical (unpaired) electrons. The number of aromatic nitrogens is 3. The summed E-state index contributed by atoms with van der Waals surface area (Å²) in [4.78, 5) is 45.9. The summed E-state index contributed by atoms with van der Waals surface area (Å²) in [6, 6.07) is 16.2. The molecule has 5 aromatic rings. The van der Waals surface area contributed by atoms with Gasteiger partial charge >= 0.3 is 18.1 Å². The predicted octanol–water partition coefficient (Wildman–Crippen LogP) is 7.42. The highest BCUT2D eigenvalue weighted by Gasteiger charge is 2.45. The highest BCUT2D eigenvalue weighted by atomic mass is 19.1. The summed E-state index contributed by atoms with van der Waals surface area (Å²) in [5.74, 6) is -0.719. The van der Waals surface area contributed by atoms with Gasteiger partial charge in [0.15, 0.2) is 5.82 Å². The summed E-state index contributed by atoms with van der Waals surface area (Å²) in [5.41, 5.74) is 1.60. The Labute approximate surface area is 329 Å². The average molecular weight is 770 g/mol. The van der Waals surface area contributed by atoms with Crippen molar-refractivity contribution in [1.82, 2.24) is 25.2 Å². The Morgan fingerprint density at radius 1 is 1.05 bits per heavy atom. The molecule has 0 saturated carbocycles. The molecule has 57 heavy (non-hydrogen) atoms. The van der Waals surface area contributed by atoms with Crippen LogP contribution in [0.4, 0.5) is 15.0 Å². The van der Waals surface area contributed by atoms with E-state index < -0.39 is 23.4 Å². The van der Waals surface area contributed by atoms with Crippen LogP contribution in [0, 0.1) is 24.1 Å². The molecule has 1 N–H and O–H groups in total. The lowest BCUT2D eigenvalue weighted by Gasteiger charge is -2.41. The van der Waals surface area contributed by atoms with Crippen LogP contribution in [0.25, 0.3) is 32.9 Å². The number of nitriles is 1. The number of carbonyl (C=O) groups excluding carboxylic acids is 2. The van der Waals surface area contributed by atoms with E-state index in [1.54, 1.807) is 43.5 Å². The van der Waals surface area contributed by atoms with Crippen LogP contribution >= 0.6 is 0 Å². The van der Waals surface area contributed by atoms with Gasteiger partial charge in [-0.15, -0.1) is 0 Å². The Bertz CT molecular complexity index is 2480. The number of hydrogen-bond donors (Lipinski definition) is 1. The van der Waals surface area contributed by atoms with E-state index in [1.165, 1.54) is 0 Å². The summed E-state index contributed by atoms with van der Waals surface area (Å²) in [6.45, 7) is 7.41. The molecule has 1 atom stereocenters. The molecule has 12 nitrogen and oxygen atoms in total. The zero-order valence-electron chi connectivity index (χ0n) is 32.2. The van der Waals surface area contributed by atoms with Gasteiger partial charge in [-0.25, -0.2) is 14.0 Å². The number of benzene rings is 3. The number of piperidine rings is 1. The molecule has 3 fully saturated rings. The molecule has 10 rings (SSSR count). The average Bonchev–Trinajstić information content (AvgIpc) is 3.79. The molecule has 292 valence electrons. The van der Waals surface area contributed by atoms with E-state index in [-0.39, 0.29) is 46.2 Å². The van der Waals surface area contributed by atoms with Gasteiger partial charge in [0, 0.05) is 24.8 Å². The van der Waals surface area contributed by atoms with Gasteiger partial charge in [-0.2, -0.15) is 15.2 Å². The topological polar surface area (TPSA) is 143 Å². The van der Waals surface area contributed by atoms with Crippen molar-refractivity contribution in [2.75, 3.05) is 44.3 Å². The van der Waals surface area contributed by atoms with Crippen LogP contribution in [-0.4, -0.2) is 82.4 Å². The lowest BCUT2D eigenvalue weighted by molar-refractivity contribution is 0.0734. The van der Waals surface area contributed by atoms with Gasteiger partial charge in [0.1, 0.15) is 35.5 Å². The first kappa shape index (κ1) is 36.7. The van der Waals surface area contributed by atoms with Crippen LogP contribution in [0.2, 0.25) is 0 Å². The Hall–Kier alpha value is -5.87. The van der Waals surface area contributed by atoms with Crippen LogP contribution in [0.3, 0.4) is 0 Å². The number of anilines is 1. The van der Waals surface area contributed by atoms with E-state index >= 15 is 4.39 Å². The fourth-order valence-electron chi connectivity index (χ4n) is 9.53. The number of amides is 1. The molecule has 13 heteroatoms. The highest BCUT2D eigenvalue weighted by Crippen LogP contribution is 2.42. The van der Waals surface area contributed by atoms with Gasteiger partial charge in [0.25, 0.3) is 0 Å². The zero-order chi connectivity index (χ0) is 39.3. The molecule has 1 amide bonds. The van der Waals surface area contributed by atoms with Gasteiger partial charge in [-0.05, 0) is 118 Å². The second-order valence-corrected chi connectivity index (χ2v) is 16.2. The highest BCUT2D eigenvalue weighted by molar-refractivity contribution is 6.03. The lowest BCUT2D eigenvalue weighted by Crippen LogP contribution is -2.57. The summed E-state index contributed by atoms with van der Waals surface area (Å²) < 4.78 is 35.7. The van der Waals surface area contributed by atoms with Crippen LogP contribution in [0.5, 0.6) is 11.8 Å². The van der Waals surface area contributed by atoms with Gasteiger partial charge < -0.3 is 24.4 Å². The molecule has 5 aliphatic heterocycles. The molecule has 3 saturated heterocycles. The summed E-state index contributed by atoms with van der Waals surface area (Å²) in [6.07, 6.45) is 7.87. The number of hydrogen-bond acceptors (Lipinski definition) is 11. The second kappa shape index (κ2) is 14.6. The second-order valence-electron chi connectivity index (χ2n) is 16.2. The van der Waals surface area contributed by atoms with Crippen LogP contribution in [-0.2, 0) is 11.2 Å². The molecule has 5 aliphatic rings. The number of halogens is 1. The fourth-order valence-corrected chi connectivity index (χ4v) is 9.53. The smallest absolute Gasteiger partial charge is 0.407 e. The number of ether oxygens (including phenoxy) is 3. The van der Waals surface area contributed by atoms with E-state index in [4.69, 9.17) is 29.2 Å². The normalized spacial score (nSPS) is 20.5. The molecule has 3 aromatic carbocycles. The number of esters is 1. The Morgan fingerprint density at radius 3 is 2.68 bits per heavy atom. The molecule has 6 bridgehead atoms. The number of carbonyl (C=O) groups is 2. The fraction of sp³-hybridized carbons (Fsp3) is 0.409. The Balaban J connectivity index is 1.21. The monoisotopic (exact) mass is 769 g/mol. The van der Waals surface area contributed by atoms with E-state index in [9.17, 15) is 14.9 Å². The number of nitrogens with zero attached hydrogens (tertiary/aromatic N) is 6. The number of alkyl carbamates (subject to hydrolysis) is 1. The van der Waals surface area contributed by atoms with Crippen molar-refractivity contribution in [2.45, 2.75) is 76.3 Å². The van der Waals surface area contributed by atoms with Crippen molar-refractivity contribution in [2.24, 2.45) is 0 Å². The molecule has 1 unspecified atom stereocenters. The first-order valence-corrected chi connectivity index (χ1v) is 19.9. The molecule has 0 aliphatic carbocycles. The van der Waals surface area contributed by atoms with E-state index in [2.05, 4.69) is 16.3 Å². The summed E-state index contributed by atoms with van der Waals surface area (Å²) in [5, 5.41) is 14.7. The SMILES string of the molecule is Cc1cccc(C#N)c1C(=O)Oc1cc2c3c(cccc3c1)CCCOC(=O)NC1(C)CCCN(C1)c1nc(OCC34CCCN3CCC4)nc3c(F)c-2ncc13. The maximum Gasteiger partial charge on any atom is 0.407 e. The minimum Gasteiger partial charge on any atom is -0.461 e. The van der Waals surface area contributed by atoms with Crippen molar-refractivity contribution < 1.29 is 28.2 Å². The minimum absolute atomic E-state index is 0.0271. The molecular formula is C44H44FN7O5. The van der Waals surface area contributed by atoms with E-state index in [0.717, 1.165) is 57.2 Å². The van der Waals surface area contributed by atoms with Gasteiger partial charge in [-0.3, -0.25) is 9.88 Å². The predicted molar refractivity (Wildman–Crippen MR) is 212 cm³/mol. The summed E-state index contributed by atoms with van der Waals surface area (Å²) >= 11 is 0. The minimum atomic E-state index is -0.700. The molecule has 0 spiro atoms. The van der Waals surface area contributed by atoms with Crippen molar-refractivity contribution >= 4 is 39.6 Å². The number of nitrogens with one attached hydrogen (secondary N) is 1. The third kappa shape index (κ3) is 6.75. The quantitative estimate of drug-likeness (QED) is 0.141. The van der Waals surface area contributed by atoms with Gasteiger partial charge in [-0.1, -0.05) is 30.3 Å². The Morgan fingerprint density at radius 2 is 1.86 bits per heavy atom. The number of pyridine rings is 1. The standard InChI is InChI=1S/C44H44FN7O5/c1-27-9-3-12-30(23-46)34(27)40(53)57-31-21-29-11-4-10-28-13-5-20-55-42(54)50-43(2)14-6-17-51(25-43)39-33-24-47-37(32(22-31)35(28)29)36(45)38(33)48-41(49-39)56-26-44-15-7-18-52(44)19-8-16-44/h3-4,9-12,21-22,24H,5-8,13-20,25-26H2,1-2H3,(H,50,54). The first-order valence-electron chi connectivity index (χ1n) is 19.9. The number of fused-ring (bicyclic) bond motifs is 7. The third-order valence-corrected chi connectivity index (χ3v) is 12.2. The van der Waals surface area contributed by atoms with Gasteiger partial charge in [0.2, 0.25) is 0 Å². The van der Waals surface area contributed by atoms with Crippen molar-refractivity contribution in [3.63, 3.8) is 0 Å². The van der Waals surface area contributed by atoms with Crippen LogP contribution in [0.15, 0.2) is 54.7 Å². The molecule has 2 aromatic heterocycles. The van der Waals surface area contributed by atoms with E-state index in [0.29, 0.717) is 65.6 Å². The summed E-state index contributed by atoms with van der Waals surface area (Å²) in [7, 11) is 0. The van der Waals surface area contributed by atoms with E-state index in [1.807, 2.05) is 30.0 Å². The van der Waals surface area contributed by atoms with Crippen molar-refractivity contribution in [3.05, 3.63) is 82.8 Å².